The third-order valence-electron chi connectivity index (χ3n) is 5.52. The Morgan fingerprint density at radius 2 is 1.59 bits per heavy atom. The summed E-state index contributed by atoms with van der Waals surface area (Å²) in [7, 11) is 0. The highest BCUT2D eigenvalue weighted by atomic mass is 16.7. The van der Waals surface area contributed by atoms with Crippen molar-refractivity contribution in [1.29, 1.82) is 0 Å². The summed E-state index contributed by atoms with van der Waals surface area (Å²) in [5.41, 5.74) is -0.328. The largest absolute Gasteiger partial charge is 0.508 e. The number of hydrogen-bond acceptors (Lipinski definition) is 12. The number of phenols is 4. The Balaban J connectivity index is 1.76. The van der Waals surface area contributed by atoms with Gasteiger partial charge in [-0.3, -0.25) is 4.79 Å². The van der Waals surface area contributed by atoms with Crippen molar-refractivity contribution in [3.8, 4) is 28.7 Å². The van der Waals surface area contributed by atoms with Crippen molar-refractivity contribution in [2.75, 3.05) is 0 Å². The SMILES string of the molecule is O=C(O)[C@H]1O[C@@H](O[C@@H]2C(=O)c3c(O)cc(O)cc3O[C@@H]2c2ccc(O)c(O)c2)[C@H](O)[C@@H](O)[C@@H]1O. The summed E-state index contributed by atoms with van der Waals surface area (Å²) < 4.78 is 16.3. The smallest absolute Gasteiger partial charge is 0.335 e. The molecule has 8 N–H and O–H groups in total. The molecule has 7 atom stereocenters. The van der Waals surface area contributed by atoms with Crippen molar-refractivity contribution in [2.24, 2.45) is 0 Å². The molecule has 0 bridgehead atoms. The number of aromatic hydroxyl groups is 4. The molecule has 34 heavy (non-hydrogen) atoms. The average molecular weight is 480 g/mol. The van der Waals surface area contributed by atoms with Crippen LogP contribution in [0.2, 0.25) is 0 Å². The second-order valence-corrected chi connectivity index (χ2v) is 7.78. The van der Waals surface area contributed by atoms with Gasteiger partial charge in [-0.15, -0.1) is 0 Å². The summed E-state index contributed by atoms with van der Waals surface area (Å²) in [5.74, 6) is -4.99. The van der Waals surface area contributed by atoms with Gasteiger partial charge >= 0.3 is 5.97 Å². The second-order valence-electron chi connectivity index (χ2n) is 7.78. The third-order valence-corrected chi connectivity index (χ3v) is 5.52. The van der Waals surface area contributed by atoms with Gasteiger partial charge in [-0.2, -0.15) is 0 Å². The van der Waals surface area contributed by atoms with Crippen molar-refractivity contribution in [2.45, 2.75) is 42.9 Å². The first kappa shape index (κ1) is 23.5. The number of aliphatic hydroxyl groups is 3. The normalized spacial score (nSPS) is 30.9. The maximum atomic E-state index is 13.3. The molecule has 13 nitrogen and oxygen atoms in total. The van der Waals surface area contributed by atoms with Gasteiger partial charge in [0.1, 0.15) is 41.1 Å². The highest BCUT2D eigenvalue weighted by Crippen LogP contribution is 2.44. The highest BCUT2D eigenvalue weighted by Gasteiger charge is 2.51. The van der Waals surface area contributed by atoms with Crippen LogP contribution in [0, 0.1) is 0 Å². The van der Waals surface area contributed by atoms with E-state index in [1.807, 2.05) is 0 Å². The maximum Gasteiger partial charge on any atom is 0.335 e. The number of carbonyl (C=O) groups is 2. The van der Waals surface area contributed by atoms with Gasteiger partial charge in [-0.25, -0.2) is 4.79 Å². The topological polar surface area (TPSA) is 224 Å². The predicted octanol–water partition coefficient (Wildman–Crippen LogP) is -0.897. The molecule has 0 aliphatic carbocycles. The minimum Gasteiger partial charge on any atom is -0.508 e. The number of benzene rings is 2. The Kier molecular flexibility index (Phi) is 5.97. The van der Waals surface area contributed by atoms with Crippen LogP contribution in [-0.2, 0) is 14.3 Å². The molecule has 0 spiro atoms. The number of ketones is 1. The Bertz CT molecular complexity index is 1130. The molecular weight excluding hydrogens is 460 g/mol. The molecule has 1 fully saturated rings. The van der Waals surface area contributed by atoms with Gasteiger partial charge in [0.15, 0.2) is 36.1 Å². The zero-order valence-corrected chi connectivity index (χ0v) is 17.0. The summed E-state index contributed by atoms with van der Waals surface area (Å²) in [5, 5.41) is 78.9. The second kappa shape index (κ2) is 8.62. The Morgan fingerprint density at radius 1 is 0.882 bits per heavy atom. The minimum atomic E-state index is -2.01. The first-order chi connectivity index (χ1) is 16.0. The van der Waals surface area contributed by atoms with Gasteiger partial charge in [0.25, 0.3) is 0 Å². The molecule has 0 unspecified atom stereocenters. The van der Waals surface area contributed by atoms with E-state index < -0.39 is 83.2 Å². The van der Waals surface area contributed by atoms with Gasteiger partial charge in [0.05, 0.1) is 0 Å². The van der Waals surface area contributed by atoms with Crippen LogP contribution in [0.25, 0.3) is 0 Å². The molecule has 0 radical (unpaired) electrons. The lowest BCUT2D eigenvalue weighted by atomic mass is 9.92. The molecule has 2 aliphatic heterocycles. The molecule has 1 saturated heterocycles. The number of Topliss-reactive ketones (excluding diaryl/α,β-unsaturated/α-hetero) is 1. The van der Waals surface area contributed by atoms with Crippen LogP contribution in [-0.4, -0.2) is 89.4 Å². The predicted molar refractivity (Wildman–Crippen MR) is 106 cm³/mol. The Morgan fingerprint density at radius 3 is 2.24 bits per heavy atom. The van der Waals surface area contributed by atoms with Gasteiger partial charge in [-0.05, 0) is 17.7 Å². The monoisotopic (exact) mass is 480 g/mol. The molecule has 0 aromatic heterocycles. The fourth-order valence-electron chi connectivity index (χ4n) is 3.81. The molecule has 2 aliphatic rings. The summed E-state index contributed by atoms with van der Waals surface area (Å²) in [6.07, 6.45) is -13.1. The van der Waals surface area contributed by atoms with Crippen molar-refractivity contribution in [1.82, 2.24) is 0 Å². The fraction of sp³-hybridized carbons (Fsp3) is 0.333. The van der Waals surface area contributed by atoms with E-state index in [4.69, 9.17) is 14.2 Å². The van der Waals surface area contributed by atoms with E-state index in [1.54, 1.807) is 0 Å². The van der Waals surface area contributed by atoms with E-state index in [0.717, 1.165) is 24.3 Å². The van der Waals surface area contributed by atoms with E-state index in [-0.39, 0.29) is 11.3 Å². The van der Waals surface area contributed by atoms with Crippen molar-refractivity contribution < 1.29 is 64.7 Å². The van der Waals surface area contributed by atoms with Crippen LogP contribution in [0.4, 0.5) is 0 Å². The number of rotatable bonds is 4. The number of phenolic OH excluding ortho intramolecular Hbond substituents is 4. The quantitative estimate of drug-likeness (QED) is 0.249. The van der Waals surface area contributed by atoms with Crippen LogP contribution in [0.15, 0.2) is 30.3 Å². The number of carbonyl (C=O) groups excluding carboxylic acids is 1. The lowest BCUT2D eigenvalue weighted by Gasteiger charge is -2.41. The van der Waals surface area contributed by atoms with Crippen LogP contribution < -0.4 is 4.74 Å². The Labute approximate surface area is 190 Å². The van der Waals surface area contributed by atoms with Crippen LogP contribution >= 0.6 is 0 Å². The van der Waals surface area contributed by atoms with E-state index in [2.05, 4.69) is 0 Å². The zero-order valence-electron chi connectivity index (χ0n) is 17.0. The Hall–Kier alpha value is -3.62. The molecule has 2 heterocycles. The number of ether oxygens (including phenoxy) is 3. The molecule has 2 aromatic rings. The molecule has 0 saturated carbocycles. The summed E-state index contributed by atoms with van der Waals surface area (Å²) in [6.45, 7) is 0. The number of carboxylic acids is 1. The molecule has 13 heteroatoms. The zero-order chi connectivity index (χ0) is 24.9. The summed E-state index contributed by atoms with van der Waals surface area (Å²) >= 11 is 0. The molecule has 0 amide bonds. The lowest BCUT2D eigenvalue weighted by molar-refractivity contribution is -0.304. The molecule has 4 rings (SSSR count). The van der Waals surface area contributed by atoms with Crippen molar-refractivity contribution in [3.63, 3.8) is 0 Å². The maximum absolute atomic E-state index is 13.3. The van der Waals surface area contributed by atoms with Gasteiger partial charge in [0, 0.05) is 12.1 Å². The first-order valence-corrected chi connectivity index (χ1v) is 9.86. The lowest BCUT2D eigenvalue weighted by Crippen LogP contribution is -2.61. The third kappa shape index (κ3) is 3.95. The van der Waals surface area contributed by atoms with Crippen LogP contribution in [0.3, 0.4) is 0 Å². The highest BCUT2D eigenvalue weighted by molar-refractivity contribution is 6.05. The number of aliphatic hydroxyl groups excluding tert-OH is 3. The standard InChI is InChI=1S/C21H20O13/c22-7-4-10(25)12-11(5-7)32-17(6-1-2-8(23)9(24)3-6)18(13(12)26)33-21-16(29)14(27)15(28)19(34-21)20(30)31/h1-5,14-19,21-25,27-29H,(H,30,31)/t14-,15-,16+,17+,18+,19-,21+/m0/s1. The number of carboxylic acid groups (broad SMARTS) is 1. The summed E-state index contributed by atoms with van der Waals surface area (Å²) in [4.78, 5) is 24.7. The molecular formula is C21H20O13. The minimum absolute atomic E-state index is 0.0720. The van der Waals surface area contributed by atoms with Gasteiger partial charge in [-0.1, -0.05) is 6.07 Å². The van der Waals surface area contributed by atoms with Crippen molar-refractivity contribution in [3.05, 3.63) is 41.5 Å². The van der Waals surface area contributed by atoms with Gasteiger partial charge in [0.2, 0.25) is 5.78 Å². The molecule has 2 aromatic carbocycles. The van der Waals surface area contributed by atoms with E-state index in [9.17, 15) is 50.4 Å². The number of aliphatic carboxylic acids is 1. The number of hydrogen-bond donors (Lipinski definition) is 8. The molecule has 182 valence electrons. The van der Waals surface area contributed by atoms with Crippen molar-refractivity contribution >= 4 is 11.8 Å². The summed E-state index contributed by atoms with van der Waals surface area (Å²) in [6, 6.07) is 5.33. The first-order valence-electron chi connectivity index (χ1n) is 9.86. The number of fused-ring (bicyclic) bond motifs is 1. The van der Waals surface area contributed by atoms with E-state index in [0.29, 0.717) is 0 Å². The average Bonchev–Trinajstić information content (AvgIpc) is 2.76. The van der Waals surface area contributed by atoms with E-state index in [1.165, 1.54) is 6.07 Å². The fourth-order valence-corrected chi connectivity index (χ4v) is 3.81. The van der Waals surface area contributed by atoms with Crippen LogP contribution in [0.1, 0.15) is 22.0 Å². The van der Waals surface area contributed by atoms with Crippen LogP contribution in [0.5, 0.6) is 28.7 Å². The van der Waals surface area contributed by atoms with Gasteiger partial charge < -0.3 is 55.1 Å². The van der Waals surface area contributed by atoms with E-state index >= 15 is 0 Å².